The summed E-state index contributed by atoms with van der Waals surface area (Å²) in [7, 11) is 0. The first-order valence-corrected chi connectivity index (χ1v) is 7.38. The molecule has 0 aliphatic heterocycles. The molecule has 4 atom stereocenters. The Bertz CT molecular complexity index is 368. The molecule has 0 N–H and O–H groups in total. The topological polar surface area (TPSA) is 0 Å². The number of alkyl halides is 4. The highest BCUT2D eigenvalue weighted by atomic mass is 35.5. The summed E-state index contributed by atoms with van der Waals surface area (Å²) in [4.78, 5) is -2.03. The average Bonchev–Trinajstić information content (AvgIpc) is 2.78. The van der Waals surface area contributed by atoms with Crippen molar-refractivity contribution in [3.05, 3.63) is 10.1 Å². The number of hydrogen-bond donors (Lipinski definition) is 0. The van der Waals surface area contributed by atoms with Crippen LogP contribution < -0.4 is 0 Å². The predicted octanol–water partition coefficient (Wildman–Crippen LogP) is 5.25. The lowest BCUT2D eigenvalue weighted by molar-refractivity contribution is 0.382. The lowest BCUT2D eigenvalue weighted by atomic mass is 9.85. The zero-order chi connectivity index (χ0) is 11.9. The molecule has 6 heteroatoms. The molecule has 2 bridgehead atoms. The molecule has 0 aromatic heterocycles. The summed E-state index contributed by atoms with van der Waals surface area (Å²) in [5.41, 5.74) is 0. The molecule has 0 heterocycles. The fourth-order valence-corrected chi connectivity index (χ4v) is 6.71. The highest BCUT2D eigenvalue weighted by Crippen LogP contribution is 2.78. The van der Waals surface area contributed by atoms with Gasteiger partial charge in [-0.3, -0.25) is 0 Å². The average molecular weight is 341 g/mol. The molecule has 90 valence electrons. The predicted molar refractivity (Wildman–Crippen MR) is 71.2 cm³/mol. The van der Waals surface area contributed by atoms with Gasteiger partial charge < -0.3 is 0 Å². The minimum atomic E-state index is -1.33. The van der Waals surface area contributed by atoms with E-state index in [1.54, 1.807) is 0 Å². The molecular formula is C10H8Cl6. The summed E-state index contributed by atoms with van der Waals surface area (Å²) in [5, 5.41) is 0.665. The van der Waals surface area contributed by atoms with Gasteiger partial charge in [0.05, 0.1) is 10.1 Å². The molecule has 0 saturated heterocycles. The third-order valence-corrected chi connectivity index (χ3v) is 8.63. The molecule has 0 radical (unpaired) electrons. The maximum Gasteiger partial charge on any atom is 0.166 e. The lowest BCUT2D eigenvalue weighted by Crippen LogP contribution is -2.45. The van der Waals surface area contributed by atoms with Crippen molar-refractivity contribution in [2.45, 2.75) is 33.3 Å². The fraction of sp³-hybridized carbons (Fsp3) is 0.800. The van der Waals surface area contributed by atoms with Gasteiger partial charge in [-0.15, -0.1) is 23.2 Å². The van der Waals surface area contributed by atoms with Gasteiger partial charge in [0, 0.05) is 0 Å². The largest absolute Gasteiger partial charge is 0.166 e. The molecule has 0 aromatic carbocycles. The van der Waals surface area contributed by atoms with E-state index >= 15 is 0 Å². The third kappa shape index (κ3) is 0.982. The summed E-state index contributed by atoms with van der Waals surface area (Å²) in [6.07, 6.45) is 2.96. The van der Waals surface area contributed by atoms with Gasteiger partial charge in [-0.05, 0) is 24.7 Å². The van der Waals surface area contributed by atoms with Crippen LogP contribution in [0.4, 0.5) is 0 Å². The van der Waals surface area contributed by atoms with Crippen molar-refractivity contribution in [1.29, 1.82) is 0 Å². The van der Waals surface area contributed by atoms with Crippen LogP contribution in [-0.2, 0) is 0 Å². The first kappa shape index (κ1) is 12.5. The quantitative estimate of drug-likeness (QED) is 0.528. The van der Waals surface area contributed by atoms with Crippen LogP contribution in [0.3, 0.4) is 0 Å². The van der Waals surface area contributed by atoms with Gasteiger partial charge in [0.15, 0.2) is 4.33 Å². The second-order valence-electron chi connectivity index (χ2n) is 4.77. The molecule has 2 saturated carbocycles. The SMILES string of the molecule is ClC1=C(Cl)C2(Cl)C3CCCC3C1(Cl)C2(Cl)Cl. The Kier molecular flexibility index (Phi) is 2.60. The number of hydrogen-bond acceptors (Lipinski definition) is 0. The van der Waals surface area contributed by atoms with E-state index in [-0.39, 0.29) is 11.8 Å². The summed E-state index contributed by atoms with van der Waals surface area (Å²) in [6, 6.07) is 0. The van der Waals surface area contributed by atoms with Crippen LogP contribution in [0.25, 0.3) is 0 Å². The Morgan fingerprint density at radius 2 is 1.19 bits per heavy atom. The van der Waals surface area contributed by atoms with E-state index in [2.05, 4.69) is 0 Å². The van der Waals surface area contributed by atoms with Crippen LogP contribution in [0.2, 0.25) is 0 Å². The standard InChI is InChI=1S/C10H8Cl6/c11-6-7(12)9(14)5-3-1-2-4(5)8(6,13)10(9,15)16/h4-5H,1-3H2. The molecule has 3 rings (SSSR count). The molecular weight excluding hydrogens is 333 g/mol. The lowest BCUT2D eigenvalue weighted by Gasteiger charge is -2.33. The van der Waals surface area contributed by atoms with E-state index in [9.17, 15) is 0 Å². The maximum atomic E-state index is 6.60. The van der Waals surface area contributed by atoms with Gasteiger partial charge in [-0.1, -0.05) is 52.8 Å². The van der Waals surface area contributed by atoms with Gasteiger partial charge in [-0.2, -0.15) is 0 Å². The van der Waals surface area contributed by atoms with Gasteiger partial charge in [0.1, 0.15) is 9.75 Å². The van der Waals surface area contributed by atoms with Crippen molar-refractivity contribution in [3.63, 3.8) is 0 Å². The number of fused-ring (bicyclic) bond motifs is 5. The fourth-order valence-electron chi connectivity index (χ4n) is 3.56. The summed E-state index contributed by atoms with van der Waals surface area (Å²) < 4.78 is -1.33. The molecule has 0 amide bonds. The van der Waals surface area contributed by atoms with E-state index in [0.717, 1.165) is 19.3 Å². The van der Waals surface area contributed by atoms with Crippen LogP contribution in [-0.4, -0.2) is 14.1 Å². The van der Waals surface area contributed by atoms with Gasteiger partial charge in [0.25, 0.3) is 0 Å². The van der Waals surface area contributed by atoms with Gasteiger partial charge in [-0.25, -0.2) is 0 Å². The Balaban J connectivity index is 2.29. The Morgan fingerprint density at radius 1 is 0.812 bits per heavy atom. The van der Waals surface area contributed by atoms with E-state index in [4.69, 9.17) is 69.6 Å². The summed E-state index contributed by atoms with van der Waals surface area (Å²) >= 11 is 38.4. The van der Waals surface area contributed by atoms with Crippen LogP contribution in [0, 0.1) is 11.8 Å². The highest BCUT2D eigenvalue weighted by molar-refractivity contribution is 6.65. The molecule has 4 unspecified atom stereocenters. The van der Waals surface area contributed by atoms with E-state index in [1.165, 1.54) is 0 Å². The van der Waals surface area contributed by atoms with E-state index in [0.29, 0.717) is 10.1 Å². The zero-order valence-corrected chi connectivity index (χ0v) is 12.6. The van der Waals surface area contributed by atoms with Crippen LogP contribution in [0.15, 0.2) is 10.1 Å². The first-order valence-electron chi connectivity index (χ1n) is 5.11. The highest BCUT2D eigenvalue weighted by Gasteiger charge is 2.82. The second kappa shape index (κ2) is 3.32. The minimum Gasteiger partial charge on any atom is -0.109 e. The third-order valence-electron chi connectivity index (χ3n) is 4.28. The molecule has 0 aromatic rings. The Morgan fingerprint density at radius 3 is 1.56 bits per heavy atom. The van der Waals surface area contributed by atoms with Crippen molar-refractivity contribution in [2.24, 2.45) is 11.8 Å². The van der Waals surface area contributed by atoms with Crippen molar-refractivity contribution >= 4 is 69.6 Å². The monoisotopic (exact) mass is 338 g/mol. The maximum absolute atomic E-state index is 6.60. The Hall–Kier alpha value is 1.48. The van der Waals surface area contributed by atoms with Gasteiger partial charge in [0.2, 0.25) is 0 Å². The normalized spacial score (nSPS) is 53.6. The number of halogens is 6. The van der Waals surface area contributed by atoms with Crippen molar-refractivity contribution in [1.82, 2.24) is 0 Å². The van der Waals surface area contributed by atoms with Crippen LogP contribution in [0.1, 0.15) is 19.3 Å². The smallest absolute Gasteiger partial charge is 0.109 e. The Labute approximate surface area is 124 Å². The van der Waals surface area contributed by atoms with Gasteiger partial charge >= 0.3 is 0 Å². The van der Waals surface area contributed by atoms with Crippen LogP contribution >= 0.6 is 69.6 Å². The number of rotatable bonds is 0. The van der Waals surface area contributed by atoms with Crippen molar-refractivity contribution < 1.29 is 0 Å². The molecule has 16 heavy (non-hydrogen) atoms. The van der Waals surface area contributed by atoms with E-state index < -0.39 is 14.1 Å². The van der Waals surface area contributed by atoms with E-state index in [1.807, 2.05) is 0 Å². The molecule has 3 aliphatic rings. The molecule has 0 spiro atoms. The zero-order valence-electron chi connectivity index (χ0n) is 8.04. The first-order chi connectivity index (χ1) is 7.29. The molecule has 0 nitrogen and oxygen atoms in total. The summed E-state index contributed by atoms with van der Waals surface area (Å²) in [6.45, 7) is 0. The second-order valence-corrected chi connectivity index (χ2v) is 8.05. The van der Waals surface area contributed by atoms with Crippen molar-refractivity contribution in [3.8, 4) is 0 Å². The van der Waals surface area contributed by atoms with Crippen LogP contribution in [0.5, 0.6) is 0 Å². The molecule has 2 fully saturated rings. The number of allylic oxidation sites excluding steroid dienone is 2. The minimum absolute atomic E-state index is 0.122. The summed E-state index contributed by atoms with van der Waals surface area (Å²) in [5.74, 6) is 0.244. The molecule has 3 aliphatic carbocycles. The van der Waals surface area contributed by atoms with Crippen molar-refractivity contribution in [2.75, 3.05) is 0 Å².